The number of hydrogen-bond donors (Lipinski definition) is 1. The Bertz CT molecular complexity index is 482. The summed E-state index contributed by atoms with van der Waals surface area (Å²) in [5, 5.41) is 0. The van der Waals surface area contributed by atoms with Gasteiger partial charge in [0.2, 0.25) is 0 Å². The number of rotatable bonds is 2. The lowest BCUT2D eigenvalue weighted by molar-refractivity contribution is -0.0767. The van der Waals surface area contributed by atoms with Crippen LogP contribution in [0.25, 0.3) is 0 Å². The van der Waals surface area contributed by atoms with Crippen LogP contribution in [0, 0.1) is 12.8 Å². The highest BCUT2D eigenvalue weighted by molar-refractivity contribution is 9.10. The maximum absolute atomic E-state index is 6.57. The molecule has 0 aromatic heterocycles. The fourth-order valence-electron chi connectivity index (χ4n) is 3.37. The second-order valence-electron chi connectivity index (χ2n) is 6.76. The summed E-state index contributed by atoms with van der Waals surface area (Å²) in [6, 6.07) is 6.26. The van der Waals surface area contributed by atoms with Gasteiger partial charge in [-0.15, -0.1) is 0 Å². The van der Waals surface area contributed by atoms with Crippen LogP contribution in [0.3, 0.4) is 0 Å². The molecule has 3 heteroatoms. The minimum absolute atomic E-state index is 0.00859. The highest BCUT2D eigenvalue weighted by Crippen LogP contribution is 2.47. The number of hydrogen-bond acceptors (Lipinski definition) is 2. The zero-order valence-corrected chi connectivity index (χ0v) is 14.0. The Balaban J connectivity index is 2.34. The Morgan fingerprint density at radius 2 is 1.95 bits per heavy atom. The van der Waals surface area contributed by atoms with Crippen LogP contribution in [0.15, 0.2) is 22.7 Å². The molecule has 2 atom stereocenters. The first-order chi connectivity index (χ1) is 8.64. The molecular weight excluding hydrogens is 302 g/mol. The Labute approximate surface area is 124 Å². The zero-order chi connectivity index (χ0) is 14.4. The minimum atomic E-state index is -0.183. The van der Waals surface area contributed by atoms with Gasteiger partial charge in [-0.25, -0.2) is 0 Å². The molecule has 0 spiro atoms. The molecule has 1 saturated heterocycles. The van der Waals surface area contributed by atoms with Gasteiger partial charge in [-0.05, 0) is 58.2 Å². The minimum Gasteiger partial charge on any atom is -0.369 e. The third-order valence-corrected chi connectivity index (χ3v) is 5.11. The van der Waals surface area contributed by atoms with E-state index in [0.717, 1.165) is 10.9 Å². The Kier molecular flexibility index (Phi) is 3.85. The molecule has 0 radical (unpaired) electrons. The van der Waals surface area contributed by atoms with E-state index in [0.29, 0.717) is 5.92 Å². The Morgan fingerprint density at radius 3 is 2.47 bits per heavy atom. The molecule has 1 aromatic rings. The largest absolute Gasteiger partial charge is 0.369 e. The lowest BCUT2D eigenvalue weighted by atomic mass is 9.78. The van der Waals surface area contributed by atoms with Crippen LogP contribution in [-0.2, 0) is 4.74 Å². The van der Waals surface area contributed by atoms with Crippen LogP contribution < -0.4 is 5.73 Å². The molecule has 1 aromatic carbocycles. The molecule has 106 valence electrons. The Hall–Kier alpha value is -0.380. The molecule has 1 fully saturated rings. The van der Waals surface area contributed by atoms with Crippen LogP contribution in [0.5, 0.6) is 0 Å². The Morgan fingerprint density at radius 1 is 1.32 bits per heavy atom. The summed E-state index contributed by atoms with van der Waals surface area (Å²) in [6.45, 7) is 10.7. The van der Waals surface area contributed by atoms with Gasteiger partial charge >= 0.3 is 0 Å². The SMILES string of the molecule is Cc1c(Br)cccc1C(N)C1CC(C)(C)OC1(C)C. The summed E-state index contributed by atoms with van der Waals surface area (Å²) in [5.41, 5.74) is 8.74. The number of benzene rings is 1. The molecule has 0 saturated carbocycles. The van der Waals surface area contributed by atoms with Gasteiger partial charge in [0.15, 0.2) is 0 Å². The predicted octanol–water partition coefficient (Wildman–Crippen LogP) is 4.35. The summed E-state index contributed by atoms with van der Waals surface area (Å²) in [6.07, 6.45) is 0.993. The van der Waals surface area contributed by atoms with Crippen LogP contribution in [0.2, 0.25) is 0 Å². The predicted molar refractivity (Wildman–Crippen MR) is 83.2 cm³/mol. The van der Waals surface area contributed by atoms with Crippen molar-refractivity contribution in [3.8, 4) is 0 Å². The van der Waals surface area contributed by atoms with Crippen molar-refractivity contribution in [3.63, 3.8) is 0 Å². The van der Waals surface area contributed by atoms with Gasteiger partial charge in [-0.1, -0.05) is 28.1 Å². The molecule has 1 aliphatic rings. The third kappa shape index (κ3) is 2.88. The van der Waals surface area contributed by atoms with Crippen LogP contribution in [-0.4, -0.2) is 11.2 Å². The van der Waals surface area contributed by atoms with Crippen molar-refractivity contribution in [1.82, 2.24) is 0 Å². The first kappa shape index (κ1) is 15.0. The molecule has 0 bridgehead atoms. The van der Waals surface area contributed by atoms with E-state index in [1.807, 2.05) is 0 Å². The molecule has 0 aliphatic carbocycles. The van der Waals surface area contributed by atoms with Crippen molar-refractivity contribution in [2.24, 2.45) is 11.7 Å². The van der Waals surface area contributed by atoms with Crippen LogP contribution >= 0.6 is 15.9 Å². The first-order valence-electron chi connectivity index (χ1n) is 6.85. The molecular formula is C16H24BrNO. The summed E-state index contributed by atoms with van der Waals surface area (Å²) < 4.78 is 7.29. The van der Waals surface area contributed by atoms with E-state index < -0.39 is 0 Å². The highest BCUT2D eigenvalue weighted by Gasteiger charge is 2.48. The maximum atomic E-state index is 6.57. The molecule has 2 rings (SSSR count). The van der Waals surface area contributed by atoms with Crippen LogP contribution in [0.4, 0.5) is 0 Å². The van der Waals surface area contributed by atoms with Gasteiger partial charge in [-0.3, -0.25) is 0 Å². The van der Waals surface area contributed by atoms with Crippen molar-refractivity contribution in [3.05, 3.63) is 33.8 Å². The van der Waals surface area contributed by atoms with Gasteiger partial charge in [0.25, 0.3) is 0 Å². The summed E-state index contributed by atoms with van der Waals surface area (Å²) in [7, 11) is 0. The van der Waals surface area contributed by atoms with Gasteiger partial charge in [0.05, 0.1) is 11.2 Å². The van der Waals surface area contributed by atoms with E-state index >= 15 is 0 Å². The van der Waals surface area contributed by atoms with E-state index in [-0.39, 0.29) is 17.2 Å². The van der Waals surface area contributed by atoms with Gasteiger partial charge in [-0.2, -0.15) is 0 Å². The van der Waals surface area contributed by atoms with Crippen LogP contribution in [0.1, 0.15) is 51.3 Å². The molecule has 2 nitrogen and oxygen atoms in total. The third-order valence-electron chi connectivity index (χ3n) is 4.25. The second-order valence-corrected chi connectivity index (χ2v) is 7.61. The molecule has 0 amide bonds. The van der Waals surface area contributed by atoms with E-state index in [1.165, 1.54) is 11.1 Å². The van der Waals surface area contributed by atoms with E-state index in [2.05, 4.69) is 68.7 Å². The van der Waals surface area contributed by atoms with E-state index in [1.54, 1.807) is 0 Å². The number of halogens is 1. The fourth-order valence-corrected chi connectivity index (χ4v) is 3.75. The normalized spacial score (nSPS) is 26.4. The van der Waals surface area contributed by atoms with Crippen molar-refractivity contribution in [2.45, 2.75) is 58.3 Å². The number of ether oxygens (including phenoxy) is 1. The zero-order valence-electron chi connectivity index (χ0n) is 12.5. The quantitative estimate of drug-likeness (QED) is 0.877. The fraction of sp³-hybridized carbons (Fsp3) is 0.625. The molecule has 1 heterocycles. The maximum Gasteiger partial charge on any atom is 0.0680 e. The van der Waals surface area contributed by atoms with E-state index in [9.17, 15) is 0 Å². The van der Waals surface area contributed by atoms with Gasteiger partial charge in [0.1, 0.15) is 0 Å². The standard InChI is InChI=1S/C16H24BrNO/c1-10-11(7-6-8-13(10)17)14(18)12-9-15(2,3)19-16(12,4)5/h6-8,12,14H,9,18H2,1-5H3. The average molecular weight is 326 g/mol. The summed E-state index contributed by atoms with van der Waals surface area (Å²) >= 11 is 3.59. The second kappa shape index (κ2) is 4.87. The van der Waals surface area contributed by atoms with Crippen molar-refractivity contribution in [1.29, 1.82) is 0 Å². The van der Waals surface area contributed by atoms with Crippen molar-refractivity contribution >= 4 is 15.9 Å². The number of nitrogens with two attached hydrogens (primary N) is 1. The van der Waals surface area contributed by atoms with Gasteiger partial charge in [0, 0.05) is 16.4 Å². The molecule has 2 unspecified atom stereocenters. The highest BCUT2D eigenvalue weighted by atomic mass is 79.9. The smallest absolute Gasteiger partial charge is 0.0680 e. The summed E-state index contributed by atoms with van der Waals surface area (Å²) in [4.78, 5) is 0. The van der Waals surface area contributed by atoms with Crippen molar-refractivity contribution in [2.75, 3.05) is 0 Å². The molecule has 2 N–H and O–H groups in total. The summed E-state index contributed by atoms with van der Waals surface area (Å²) in [5.74, 6) is 0.329. The first-order valence-corrected chi connectivity index (χ1v) is 7.64. The van der Waals surface area contributed by atoms with Crippen molar-refractivity contribution < 1.29 is 4.74 Å². The molecule has 1 aliphatic heterocycles. The topological polar surface area (TPSA) is 35.2 Å². The lowest BCUT2D eigenvalue weighted by Crippen LogP contribution is -2.36. The van der Waals surface area contributed by atoms with Gasteiger partial charge < -0.3 is 10.5 Å². The van der Waals surface area contributed by atoms with E-state index in [4.69, 9.17) is 10.5 Å². The average Bonchev–Trinajstić information content (AvgIpc) is 2.50. The lowest BCUT2D eigenvalue weighted by Gasteiger charge is -2.32. The molecule has 19 heavy (non-hydrogen) atoms. The monoisotopic (exact) mass is 325 g/mol.